The average Bonchev–Trinajstić information content (AvgIpc) is 2.96. The van der Waals surface area contributed by atoms with Crippen LogP contribution in [0.4, 0.5) is 0 Å². The summed E-state index contributed by atoms with van der Waals surface area (Å²) in [5.74, 6) is 1.14. The third-order valence-corrected chi connectivity index (χ3v) is 5.26. The predicted octanol–water partition coefficient (Wildman–Crippen LogP) is 3.74. The highest BCUT2D eigenvalue weighted by Crippen LogP contribution is 2.42. The number of aryl methyl sites for hydroxylation is 1. The van der Waals surface area contributed by atoms with Crippen LogP contribution >= 0.6 is 0 Å². The Kier molecular flexibility index (Phi) is 4.50. The van der Waals surface area contributed by atoms with Gasteiger partial charge in [0.2, 0.25) is 0 Å². The molecule has 0 spiro atoms. The number of aliphatic hydroxyl groups excluding tert-OH is 1. The fraction of sp³-hybridized carbons (Fsp3) is 0.450. The molecule has 0 radical (unpaired) electrons. The lowest BCUT2D eigenvalue weighted by Gasteiger charge is -2.44. The van der Waals surface area contributed by atoms with E-state index in [1.807, 2.05) is 11.0 Å². The van der Waals surface area contributed by atoms with Gasteiger partial charge in [-0.1, -0.05) is 44.2 Å². The molecule has 1 atom stereocenters. The molecule has 1 fully saturated rings. The number of amides is 1. The molecule has 1 aromatic heterocycles. The highest BCUT2D eigenvalue weighted by molar-refractivity contribution is 5.92. The lowest BCUT2D eigenvalue weighted by Crippen LogP contribution is -2.46. The molecule has 1 saturated heterocycles. The molecule has 0 bridgehead atoms. The van der Waals surface area contributed by atoms with Crippen LogP contribution < -0.4 is 0 Å². The summed E-state index contributed by atoms with van der Waals surface area (Å²) in [6, 6.07) is 12.1. The molecule has 2 heterocycles. The number of carbonyl (C=O) groups excluding carboxylic acids is 1. The number of furan rings is 1. The second-order valence-corrected chi connectivity index (χ2v) is 7.30. The van der Waals surface area contributed by atoms with Crippen molar-refractivity contribution in [2.24, 2.45) is 5.41 Å². The molecular formula is C20H25NO3. The van der Waals surface area contributed by atoms with E-state index in [0.717, 1.165) is 13.0 Å². The molecule has 4 nitrogen and oxygen atoms in total. The summed E-state index contributed by atoms with van der Waals surface area (Å²) in [5, 5.41) is 9.30. The van der Waals surface area contributed by atoms with Crippen LogP contribution in [-0.4, -0.2) is 29.0 Å². The van der Waals surface area contributed by atoms with E-state index in [1.54, 1.807) is 13.0 Å². The largest absolute Gasteiger partial charge is 0.456 e. The van der Waals surface area contributed by atoms with Gasteiger partial charge in [0.15, 0.2) is 5.76 Å². The molecule has 0 unspecified atom stereocenters. The van der Waals surface area contributed by atoms with Gasteiger partial charge in [0.05, 0.1) is 6.61 Å². The van der Waals surface area contributed by atoms with Crippen molar-refractivity contribution < 1.29 is 14.3 Å². The van der Waals surface area contributed by atoms with E-state index in [0.29, 0.717) is 29.5 Å². The van der Waals surface area contributed by atoms with E-state index in [2.05, 4.69) is 38.1 Å². The molecule has 0 aliphatic carbocycles. The molecule has 24 heavy (non-hydrogen) atoms. The smallest absolute Gasteiger partial charge is 0.289 e. The Morgan fingerprint density at radius 1 is 1.33 bits per heavy atom. The second-order valence-electron chi connectivity index (χ2n) is 7.30. The molecule has 1 amide bonds. The van der Waals surface area contributed by atoms with E-state index in [-0.39, 0.29) is 17.9 Å². The van der Waals surface area contributed by atoms with Crippen molar-refractivity contribution in [3.63, 3.8) is 0 Å². The van der Waals surface area contributed by atoms with Crippen LogP contribution in [0, 0.1) is 12.3 Å². The Balaban J connectivity index is 1.83. The number of hydrogen-bond donors (Lipinski definition) is 1. The molecule has 3 rings (SSSR count). The van der Waals surface area contributed by atoms with Crippen LogP contribution in [0.25, 0.3) is 0 Å². The quantitative estimate of drug-likeness (QED) is 0.934. The standard InChI is InChI=1S/C20H25NO3/c1-14-16(13-22)11-18(24-14)19(23)21-10-9-20(2,3)17(12-21)15-7-5-4-6-8-15/h4-8,11,17,22H,9-10,12-13H2,1-3H3/t17-/m1/s1. The number of piperidine rings is 1. The molecule has 1 aromatic carbocycles. The maximum absolute atomic E-state index is 12.8. The first kappa shape index (κ1) is 16.8. The summed E-state index contributed by atoms with van der Waals surface area (Å²) in [5.41, 5.74) is 2.09. The van der Waals surface area contributed by atoms with Crippen LogP contribution in [0.1, 0.15) is 53.6 Å². The van der Waals surface area contributed by atoms with Gasteiger partial charge in [-0.3, -0.25) is 4.79 Å². The Morgan fingerprint density at radius 3 is 2.67 bits per heavy atom. The number of aliphatic hydroxyl groups is 1. The minimum absolute atomic E-state index is 0.0887. The summed E-state index contributed by atoms with van der Waals surface area (Å²) < 4.78 is 5.56. The molecule has 0 saturated carbocycles. The van der Waals surface area contributed by atoms with Crippen LogP contribution in [-0.2, 0) is 6.61 Å². The van der Waals surface area contributed by atoms with E-state index >= 15 is 0 Å². The molecule has 128 valence electrons. The molecule has 1 aliphatic heterocycles. The van der Waals surface area contributed by atoms with Gasteiger partial charge in [0.25, 0.3) is 5.91 Å². The minimum Gasteiger partial charge on any atom is -0.456 e. The number of nitrogens with zero attached hydrogens (tertiary/aromatic N) is 1. The van der Waals surface area contributed by atoms with Crippen molar-refractivity contribution in [2.75, 3.05) is 13.1 Å². The summed E-state index contributed by atoms with van der Waals surface area (Å²) in [7, 11) is 0. The minimum atomic E-state index is -0.109. The number of carbonyl (C=O) groups is 1. The zero-order valence-electron chi connectivity index (χ0n) is 14.6. The van der Waals surface area contributed by atoms with Gasteiger partial charge in [-0.15, -0.1) is 0 Å². The molecule has 2 aromatic rings. The second kappa shape index (κ2) is 6.44. The topological polar surface area (TPSA) is 53.7 Å². The van der Waals surface area contributed by atoms with Gasteiger partial charge in [-0.2, -0.15) is 0 Å². The maximum Gasteiger partial charge on any atom is 0.289 e. The van der Waals surface area contributed by atoms with Crippen molar-refractivity contribution in [1.29, 1.82) is 0 Å². The fourth-order valence-electron chi connectivity index (χ4n) is 3.52. The first-order valence-electron chi connectivity index (χ1n) is 8.47. The van der Waals surface area contributed by atoms with Crippen molar-refractivity contribution in [3.05, 3.63) is 59.0 Å². The van der Waals surface area contributed by atoms with Gasteiger partial charge in [-0.25, -0.2) is 0 Å². The lowest BCUT2D eigenvalue weighted by molar-refractivity contribution is 0.0536. The Bertz CT molecular complexity index is 718. The normalized spacial score (nSPS) is 20.2. The fourth-order valence-corrected chi connectivity index (χ4v) is 3.52. The third kappa shape index (κ3) is 3.11. The Hall–Kier alpha value is -2.07. The van der Waals surface area contributed by atoms with Gasteiger partial charge in [0.1, 0.15) is 5.76 Å². The third-order valence-electron chi connectivity index (χ3n) is 5.26. The summed E-state index contributed by atoms with van der Waals surface area (Å²) in [4.78, 5) is 14.7. The van der Waals surface area contributed by atoms with Crippen molar-refractivity contribution in [3.8, 4) is 0 Å². The van der Waals surface area contributed by atoms with Crippen LogP contribution in [0.15, 0.2) is 40.8 Å². The number of benzene rings is 1. The lowest BCUT2D eigenvalue weighted by atomic mass is 9.70. The Labute approximate surface area is 143 Å². The van der Waals surface area contributed by atoms with Gasteiger partial charge in [0, 0.05) is 24.6 Å². The van der Waals surface area contributed by atoms with Crippen molar-refractivity contribution >= 4 is 5.91 Å². The van der Waals surface area contributed by atoms with Gasteiger partial charge < -0.3 is 14.4 Å². The van der Waals surface area contributed by atoms with Crippen molar-refractivity contribution in [2.45, 2.75) is 39.7 Å². The molecular weight excluding hydrogens is 302 g/mol. The summed E-state index contributed by atoms with van der Waals surface area (Å²) >= 11 is 0. The number of likely N-dealkylation sites (tertiary alicyclic amines) is 1. The van der Waals surface area contributed by atoms with Crippen LogP contribution in [0.5, 0.6) is 0 Å². The highest BCUT2D eigenvalue weighted by atomic mass is 16.4. The maximum atomic E-state index is 12.8. The number of rotatable bonds is 3. The zero-order valence-corrected chi connectivity index (χ0v) is 14.6. The van der Waals surface area contributed by atoms with E-state index in [1.165, 1.54) is 5.56 Å². The zero-order chi connectivity index (χ0) is 17.3. The summed E-state index contributed by atoms with van der Waals surface area (Å²) in [6.45, 7) is 7.62. The molecule has 1 N–H and O–H groups in total. The van der Waals surface area contributed by atoms with Crippen LogP contribution in [0.2, 0.25) is 0 Å². The Morgan fingerprint density at radius 2 is 2.04 bits per heavy atom. The van der Waals surface area contributed by atoms with E-state index in [9.17, 15) is 9.90 Å². The average molecular weight is 327 g/mol. The first-order chi connectivity index (χ1) is 11.4. The first-order valence-corrected chi connectivity index (χ1v) is 8.47. The van der Waals surface area contributed by atoms with Gasteiger partial charge in [-0.05, 0) is 30.4 Å². The number of hydrogen-bond acceptors (Lipinski definition) is 3. The predicted molar refractivity (Wildman–Crippen MR) is 92.9 cm³/mol. The van der Waals surface area contributed by atoms with Crippen LogP contribution in [0.3, 0.4) is 0 Å². The SMILES string of the molecule is Cc1oc(C(=O)N2CCC(C)(C)[C@@H](c3ccccc3)C2)cc1CO. The van der Waals surface area contributed by atoms with Crippen molar-refractivity contribution in [1.82, 2.24) is 4.90 Å². The summed E-state index contributed by atoms with van der Waals surface area (Å²) in [6.07, 6.45) is 0.949. The monoisotopic (exact) mass is 327 g/mol. The van der Waals surface area contributed by atoms with Gasteiger partial charge >= 0.3 is 0 Å². The molecule has 1 aliphatic rings. The van der Waals surface area contributed by atoms with E-state index < -0.39 is 0 Å². The molecule has 4 heteroatoms. The van der Waals surface area contributed by atoms with E-state index in [4.69, 9.17) is 4.42 Å². The highest BCUT2D eigenvalue weighted by Gasteiger charge is 2.38.